The Hall–Kier alpha value is -1.73. The molecule has 1 aliphatic heterocycles. The number of carbonyl (C=O) groups is 2. The van der Waals surface area contributed by atoms with Crippen LogP contribution in [0.1, 0.15) is 31.2 Å². The molecule has 1 aliphatic rings. The van der Waals surface area contributed by atoms with Crippen molar-refractivity contribution < 1.29 is 19.1 Å². The van der Waals surface area contributed by atoms with Gasteiger partial charge in [0.2, 0.25) is 0 Å². The number of aliphatic carboxylic acids is 1. The predicted octanol–water partition coefficient (Wildman–Crippen LogP) is 2.34. The van der Waals surface area contributed by atoms with E-state index >= 15 is 0 Å². The fourth-order valence-corrected chi connectivity index (χ4v) is 3.47. The van der Waals surface area contributed by atoms with Crippen LogP contribution in [0.3, 0.4) is 0 Å². The van der Waals surface area contributed by atoms with Crippen LogP contribution in [0.4, 0.5) is 4.39 Å². The van der Waals surface area contributed by atoms with Gasteiger partial charge in [0.25, 0.3) is 5.91 Å². The first-order valence-electron chi connectivity index (χ1n) is 7.18. The quantitative estimate of drug-likeness (QED) is 0.428. The van der Waals surface area contributed by atoms with Gasteiger partial charge < -0.3 is 9.90 Å². The molecule has 1 saturated heterocycles. The molecule has 1 amide bonds. The summed E-state index contributed by atoms with van der Waals surface area (Å²) in [5.74, 6) is -1.61. The normalized spacial score (nSPS) is 16.4. The number of unbranched alkanes of at least 4 members (excludes halogenated alkanes) is 2. The molecular formula is C16H15FNO3S2-. The summed E-state index contributed by atoms with van der Waals surface area (Å²) in [5, 5.41) is 10.3. The minimum atomic E-state index is -1.06. The van der Waals surface area contributed by atoms with E-state index in [-0.39, 0.29) is 18.1 Å². The Morgan fingerprint density at radius 3 is 2.83 bits per heavy atom. The highest BCUT2D eigenvalue weighted by atomic mass is 32.2. The molecule has 23 heavy (non-hydrogen) atoms. The molecule has 0 saturated carbocycles. The molecule has 4 nitrogen and oxygen atoms in total. The van der Waals surface area contributed by atoms with Crippen LogP contribution in [-0.2, 0) is 9.59 Å². The fraction of sp³-hybridized carbons (Fsp3) is 0.312. The van der Waals surface area contributed by atoms with Crippen molar-refractivity contribution in [1.82, 2.24) is 4.90 Å². The molecule has 0 aromatic heterocycles. The SMILES string of the molecule is O=C([O-])CCCCCN1C(=O)/C(=C/c2cccc(F)c2)SC1=S. The van der Waals surface area contributed by atoms with Gasteiger partial charge in [-0.05, 0) is 43.0 Å². The Labute approximate surface area is 143 Å². The topological polar surface area (TPSA) is 60.4 Å². The Bertz CT molecular complexity index is 660. The van der Waals surface area contributed by atoms with Crippen LogP contribution in [-0.4, -0.2) is 27.6 Å². The number of carboxylic acid groups (broad SMARTS) is 1. The molecular weight excluding hydrogens is 337 g/mol. The average Bonchev–Trinajstić information content (AvgIpc) is 2.74. The van der Waals surface area contributed by atoms with Crippen LogP contribution in [0.5, 0.6) is 0 Å². The molecule has 1 heterocycles. The lowest BCUT2D eigenvalue weighted by Gasteiger charge is -2.14. The number of hydrogen-bond donors (Lipinski definition) is 0. The highest BCUT2D eigenvalue weighted by Crippen LogP contribution is 2.32. The number of halogens is 1. The average molecular weight is 352 g/mol. The van der Waals surface area contributed by atoms with Gasteiger partial charge in [0.15, 0.2) is 0 Å². The van der Waals surface area contributed by atoms with Crippen molar-refractivity contribution in [2.24, 2.45) is 0 Å². The standard InChI is InChI=1S/C16H16FNO3S2/c17-12-6-4-5-11(9-12)10-13-15(21)18(16(22)23-13)8-3-1-2-7-14(19)20/h4-6,9-10H,1-3,7-8H2,(H,19,20)/p-1/b13-10-. The Morgan fingerprint density at radius 2 is 2.13 bits per heavy atom. The number of thioether (sulfide) groups is 1. The van der Waals surface area contributed by atoms with Gasteiger partial charge in [-0.2, -0.15) is 0 Å². The van der Waals surface area contributed by atoms with Crippen molar-refractivity contribution in [2.45, 2.75) is 25.7 Å². The van der Waals surface area contributed by atoms with Crippen molar-refractivity contribution in [1.29, 1.82) is 0 Å². The summed E-state index contributed by atoms with van der Waals surface area (Å²) < 4.78 is 13.7. The molecule has 0 spiro atoms. The monoisotopic (exact) mass is 352 g/mol. The molecule has 0 atom stereocenters. The van der Waals surface area contributed by atoms with Crippen molar-refractivity contribution in [2.75, 3.05) is 6.54 Å². The number of carboxylic acids is 1. The summed E-state index contributed by atoms with van der Waals surface area (Å²) in [6.07, 6.45) is 3.54. The maximum atomic E-state index is 13.2. The number of carbonyl (C=O) groups excluding carboxylic acids is 2. The molecule has 122 valence electrons. The van der Waals surface area contributed by atoms with E-state index < -0.39 is 5.97 Å². The fourth-order valence-electron chi connectivity index (χ4n) is 2.16. The van der Waals surface area contributed by atoms with E-state index in [0.717, 1.165) is 0 Å². The second-order valence-electron chi connectivity index (χ2n) is 5.07. The molecule has 0 unspecified atom stereocenters. The first-order chi connectivity index (χ1) is 11.0. The second kappa shape index (κ2) is 8.21. The lowest BCUT2D eigenvalue weighted by molar-refractivity contribution is -0.305. The number of rotatable bonds is 7. The molecule has 1 aromatic rings. The van der Waals surface area contributed by atoms with Crippen molar-refractivity contribution >= 4 is 46.3 Å². The maximum absolute atomic E-state index is 13.2. The lowest BCUT2D eigenvalue weighted by Crippen LogP contribution is -2.29. The zero-order valence-electron chi connectivity index (χ0n) is 12.3. The molecule has 1 fully saturated rings. The minimum Gasteiger partial charge on any atom is -0.550 e. The van der Waals surface area contributed by atoms with Crippen LogP contribution >= 0.6 is 24.0 Å². The van der Waals surface area contributed by atoms with Gasteiger partial charge in [0.1, 0.15) is 10.1 Å². The van der Waals surface area contributed by atoms with Crippen LogP contribution in [0.15, 0.2) is 29.2 Å². The van der Waals surface area contributed by atoms with Crippen LogP contribution in [0, 0.1) is 5.82 Å². The summed E-state index contributed by atoms with van der Waals surface area (Å²) in [5.41, 5.74) is 0.611. The van der Waals surface area contributed by atoms with Crippen LogP contribution in [0.2, 0.25) is 0 Å². The lowest BCUT2D eigenvalue weighted by atomic mass is 10.2. The highest BCUT2D eigenvalue weighted by Gasteiger charge is 2.31. The van der Waals surface area contributed by atoms with Crippen LogP contribution in [0.25, 0.3) is 6.08 Å². The summed E-state index contributed by atoms with van der Waals surface area (Å²) in [6, 6.07) is 6.00. The molecule has 0 radical (unpaired) electrons. The highest BCUT2D eigenvalue weighted by molar-refractivity contribution is 8.26. The number of hydrogen-bond acceptors (Lipinski definition) is 5. The first kappa shape index (κ1) is 17.6. The van der Waals surface area contributed by atoms with E-state index in [9.17, 15) is 19.1 Å². The smallest absolute Gasteiger partial charge is 0.266 e. The van der Waals surface area contributed by atoms with Crippen molar-refractivity contribution in [3.63, 3.8) is 0 Å². The summed E-state index contributed by atoms with van der Waals surface area (Å²) >= 11 is 6.40. The van der Waals surface area contributed by atoms with E-state index in [1.807, 2.05) is 0 Å². The van der Waals surface area contributed by atoms with Gasteiger partial charge in [-0.15, -0.1) is 0 Å². The Morgan fingerprint density at radius 1 is 1.35 bits per heavy atom. The number of thiocarbonyl (C=S) groups is 1. The maximum Gasteiger partial charge on any atom is 0.266 e. The number of amides is 1. The third kappa shape index (κ3) is 5.14. The summed E-state index contributed by atoms with van der Waals surface area (Å²) in [7, 11) is 0. The summed E-state index contributed by atoms with van der Waals surface area (Å²) in [4.78, 5) is 24.6. The molecule has 0 N–H and O–H groups in total. The van der Waals surface area contributed by atoms with E-state index in [1.165, 1.54) is 28.8 Å². The number of benzene rings is 1. The van der Waals surface area contributed by atoms with Gasteiger partial charge in [0, 0.05) is 12.5 Å². The first-order valence-corrected chi connectivity index (χ1v) is 8.40. The zero-order valence-corrected chi connectivity index (χ0v) is 13.9. The van der Waals surface area contributed by atoms with Gasteiger partial charge in [-0.3, -0.25) is 9.69 Å². The van der Waals surface area contributed by atoms with Crippen LogP contribution < -0.4 is 5.11 Å². The third-order valence-corrected chi connectivity index (χ3v) is 4.66. The molecule has 0 aliphatic carbocycles. The Balaban J connectivity index is 1.93. The van der Waals surface area contributed by atoms with Gasteiger partial charge in [0.05, 0.1) is 4.91 Å². The van der Waals surface area contributed by atoms with Gasteiger partial charge in [-0.1, -0.05) is 42.5 Å². The summed E-state index contributed by atoms with van der Waals surface area (Å²) in [6.45, 7) is 0.457. The van der Waals surface area contributed by atoms with E-state index in [1.54, 1.807) is 18.2 Å². The predicted molar refractivity (Wildman–Crippen MR) is 89.8 cm³/mol. The molecule has 7 heteroatoms. The molecule has 2 rings (SSSR count). The van der Waals surface area contributed by atoms with Gasteiger partial charge >= 0.3 is 0 Å². The second-order valence-corrected chi connectivity index (χ2v) is 6.75. The Kier molecular flexibility index (Phi) is 6.29. The zero-order chi connectivity index (χ0) is 16.8. The molecule has 0 bridgehead atoms. The largest absolute Gasteiger partial charge is 0.550 e. The number of nitrogens with zero attached hydrogens (tertiary/aromatic N) is 1. The van der Waals surface area contributed by atoms with E-state index in [0.29, 0.717) is 40.6 Å². The minimum absolute atomic E-state index is 0.0257. The van der Waals surface area contributed by atoms with Crippen molar-refractivity contribution in [3.05, 3.63) is 40.6 Å². The van der Waals surface area contributed by atoms with E-state index in [4.69, 9.17) is 12.2 Å². The van der Waals surface area contributed by atoms with Crippen molar-refractivity contribution in [3.8, 4) is 0 Å². The molecule has 1 aromatic carbocycles. The van der Waals surface area contributed by atoms with Gasteiger partial charge in [-0.25, -0.2) is 4.39 Å². The third-order valence-electron chi connectivity index (χ3n) is 3.28. The van der Waals surface area contributed by atoms with E-state index in [2.05, 4.69) is 0 Å².